The molecule has 0 saturated heterocycles. The average Bonchev–Trinajstić information content (AvgIpc) is 3.36. The van der Waals surface area contributed by atoms with E-state index in [1.165, 1.54) is 4.88 Å². The second kappa shape index (κ2) is 9.09. The van der Waals surface area contributed by atoms with E-state index in [2.05, 4.69) is 64.3 Å². The van der Waals surface area contributed by atoms with Crippen molar-refractivity contribution < 1.29 is 4.74 Å². The summed E-state index contributed by atoms with van der Waals surface area (Å²) in [5.41, 5.74) is 0.901. The molecule has 2 aromatic heterocycles. The normalized spacial score (nSPS) is 17.7. The largest absolute Gasteiger partial charge is 0.487 e. The maximum absolute atomic E-state index is 6.19. The lowest BCUT2D eigenvalue weighted by molar-refractivity contribution is 0.0694. The number of nitrogens with one attached hydrogen (secondary N) is 2. The molecule has 2 N–H and O–H groups in total. The molecule has 3 aromatic rings. The van der Waals surface area contributed by atoms with Crippen molar-refractivity contribution in [3.8, 4) is 5.75 Å². The standard InChI is InChI=1S/C23H30N6OS/c1-16-27-28-21(29(16)4)15-25-22(24-12-11-17-8-7-13-31-17)26-19-14-23(2,3)30-20-10-6-5-9-18(19)20/h5-10,13,19H,11-12,14-15H2,1-4H3,(H2,24,25,26). The highest BCUT2D eigenvalue weighted by atomic mass is 32.1. The number of aryl methyl sites for hydroxylation is 1. The smallest absolute Gasteiger partial charge is 0.192 e. The Morgan fingerprint density at radius 3 is 2.84 bits per heavy atom. The number of guanidine groups is 1. The van der Waals surface area contributed by atoms with Gasteiger partial charge in [0.25, 0.3) is 0 Å². The topological polar surface area (TPSA) is 76.4 Å². The number of aromatic nitrogens is 3. The Labute approximate surface area is 187 Å². The van der Waals surface area contributed by atoms with Gasteiger partial charge in [-0.15, -0.1) is 21.5 Å². The second-order valence-electron chi connectivity index (χ2n) is 8.44. The van der Waals surface area contributed by atoms with Crippen LogP contribution in [0.25, 0.3) is 0 Å². The van der Waals surface area contributed by atoms with Crippen LogP contribution in [0.2, 0.25) is 0 Å². The molecule has 8 heteroatoms. The molecule has 0 aliphatic carbocycles. The molecule has 0 bridgehead atoms. The molecule has 3 heterocycles. The Morgan fingerprint density at radius 2 is 2.10 bits per heavy atom. The van der Waals surface area contributed by atoms with Crippen LogP contribution in [0.3, 0.4) is 0 Å². The Morgan fingerprint density at radius 1 is 1.26 bits per heavy atom. The van der Waals surface area contributed by atoms with Crippen LogP contribution in [0.15, 0.2) is 46.8 Å². The number of nitrogens with zero attached hydrogens (tertiary/aromatic N) is 4. The fraction of sp³-hybridized carbons (Fsp3) is 0.435. The zero-order valence-corrected chi connectivity index (χ0v) is 19.4. The molecule has 0 fully saturated rings. The molecule has 0 radical (unpaired) electrons. The SMILES string of the molecule is Cc1nnc(CN=C(NCCc2cccs2)NC2CC(C)(C)Oc3ccccc32)n1C. The van der Waals surface area contributed by atoms with Crippen molar-refractivity contribution >= 4 is 17.3 Å². The zero-order valence-electron chi connectivity index (χ0n) is 18.6. The number of rotatable bonds is 6. The molecular weight excluding hydrogens is 408 g/mol. The Hall–Kier alpha value is -2.87. The highest BCUT2D eigenvalue weighted by molar-refractivity contribution is 7.09. The highest BCUT2D eigenvalue weighted by Gasteiger charge is 2.34. The van der Waals surface area contributed by atoms with Gasteiger partial charge in [0, 0.05) is 30.5 Å². The van der Waals surface area contributed by atoms with E-state index in [9.17, 15) is 0 Å². The van der Waals surface area contributed by atoms with E-state index in [4.69, 9.17) is 9.73 Å². The molecule has 0 saturated carbocycles. The van der Waals surface area contributed by atoms with Crippen LogP contribution in [-0.2, 0) is 20.0 Å². The summed E-state index contributed by atoms with van der Waals surface area (Å²) < 4.78 is 8.16. The van der Waals surface area contributed by atoms with Gasteiger partial charge in [0.1, 0.15) is 23.7 Å². The first-order chi connectivity index (χ1) is 14.9. The van der Waals surface area contributed by atoms with E-state index in [1.54, 1.807) is 11.3 Å². The van der Waals surface area contributed by atoms with Crippen molar-refractivity contribution in [2.75, 3.05) is 6.54 Å². The summed E-state index contributed by atoms with van der Waals surface area (Å²) >= 11 is 1.78. The molecular formula is C23H30N6OS. The molecule has 1 aromatic carbocycles. The van der Waals surface area contributed by atoms with Crippen molar-refractivity contribution in [3.63, 3.8) is 0 Å². The summed E-state index contributed by atoms with van der Waals surface area (Å²) in [6.45, 7) is 7.46. The molecule has 164 valence electrons. The molecule has 31 heavy (non-hydrogen) atoms. The minimum absolute atomic E-state index is 0.106. The van der Waals surface area contributed by atoms with Crippen molar-refractivity contribution in [1.29, 1.82) is 0 Å². The number of hydrogen-bond donors (Lipinski definition) is 2. The highest BCUT2D eigenvalue weighted by Crippen LogP contribution is 2.39. The number of hydrogen-bond acceptors (Lipinski definition) is 5. The molecule has 1 unspecified atom stereocenters. The fourth-order valence-electron chi connectivity index (χ4n) is 3.75. The third-order valence-corrected chi connectivity index (χ3v) is 6.43. The maximum atomic E-state index is 6.19. The Kier molecular flexibility index (Phi) is 6.27. The van der Waals surface area contributed by atoms with Crippen LogP contribution >= 0.6 is 11.3 Å². The first kappa shape index (κ1) is 21.4. The minimum atomic E-state index is -0.255. The van der Waals surface area contributed by atoms with Gasteiger partial charge in [0.05, 0.1) is 6.04 Å². The third kappa shape index (κ3) is 5.25. The van der Waals surface area contributed by atoms with Crippen LogP contribution in [0.4, 0.5) is 0 Å². The number of aliphatic imine (C=N–C) groups is 1. The molecule has 7 nitrogen and oxygen atoms in total. The Balaban J connectivity index is 1.53. The van der Waals surface area contributed by atoms with Crippen LogP contribution in [-0.4, -0.2) is 32.9 Å². The van der Waals surface area contributed by atoms with E-state index in [1.807, 2.05) is 30.7 Å². The van der Waals surface area contributed by atoms with Gasteiger partial charge >= 0.3 is 0 Å². The van der Waals surface area contributed by atoms with E-state index < -0.39 is 0 Å². The number of fused-ring (bicyclic) bond motifs is 1. The molecule has 1 atom stereocenters. The van der Waals surface area contributed by atoms with Crippen molar-refractivity contribution in [2.45, 2.75) is 51.8 Å². The summed E-state index contributed by atoms with van der Waals surface area (Å²) in [5, 5.41) is 17.7. The number of para-hydroxylation sites is 1. The van der Waals surface area contributed by atoms with Gasteiger partial charge in [0.15, 0.2) is 11.8 Å². The molecule has 4 rings (SSSR count). The quantitative estimate of drug-likeness (QED) is 0.453. The summed E-state index contributed by atoms with van der Waals surface area (Å²) in [5.74, 6) is 3.42. The lowest BCUT2D eigenvalue weighted by Gasteiger charge is -2.38. The maximum Gasteiger partial charge on any atom is 0.192 e. The van der Waals surface area contributed by atoms with Crippen LogP contribution < -0.4 is 15.4 Å². The lowest BCUT2D eigenvalue weighted by Crippen LogP contribution is -2.45. The van der Waals surface area contributed by atoms with E-state index in [-0.39, 0.29) is 11.6 Å². The van der Waals surface area contributed by atoms with Gasteiger partial charge in [-0.25, -0.2) is 4.99 Å². The molecule has 0 amide bonds. The number of ether oxygens (including phenoxy) is 1. The van der Waals surface area contributed by atoms with Crippen molar-refractivity contribution in [3.05, 3.63) is 63.9 Å². The first-order valence-corrected chi connectivity index (χ1v) is 11.5. The van der Waals surface area contributed by atoms with Gasteiger partial charge in [0.2, 0.25) is 0 Å². The van der Waals surface area contributed by atoms with Crippen LogP contribution in [0.5, 0.6) is 5.75 Å². The molecule has 1 aliphatic heterocycles. The van der Waals surface area contributed by atoms with E-state index in [0.29, 0.717) is 6.54 Å². The third-order valence-electron chi connectivity index (χ3n) is 5.49. The second-order valence-corrected chi connectivity index (χ2v) is 9.48. The average molecular weight is 439 g/mol. The van der Waals surface area contributed by atoms with Gasteiger partial charge in [-0.05, 0) is 44.7 Å². The summed E-state index contributed by atoms with van der Waals surface area (Å²) in [4.78, 5) is 6.19. The molecule has 0 spiro atoms. The Bertz CT molecular complexity index is 1040. The summed E-state index contributed by atoms with van der Waals surface area (Å²) in [6.07, 6.45) is 1.80. The first-order valence-electron chi connectivity index (χ1n) is 10.6. The molecule has 1 aliphatic rings. The number of thiophene rings is 1. The van der Waals surface area contributed by atoms with Gasteiger partial charge in [-0.3, -0.25) is 0 Å². The predicted octanol–water partition coefficient (Wildman–Crippen LogP) is 3.77. The predicted molar refractivity (Wildman–Crippen MR) is 125 cm³/mol. The van der Waals surface area contributed by atoms with Crippen molar-refractivity contribution in [1.82, 2.24) is 25.4 Å². The summed E-state index contributed by atoms with van der Waals surface area (Å²) in [7, 11) is 1.97. The van der Waals surface area contributed by atoms with Crippen LogP contribution in [0.1, 0.15) is 48.4 Å². The van der Waals surface area contributed by atoms with Crippen LogP contribution in [0, 0.1) is 6.92 Å². The van der Waals surface area contributed by atoms with E-state index >= 15 is 0 Å². The minimum Gasteiger partial charge on any atom is -0.487 e. The summed E-state index contributed by atoms with van der Waals surface area (Å²) in [6, 6.07) is 12.6. The van der Waals surface area contributed by atoms with E-state index in [0.717, 1.165) is 48.3 Å². The number of benzene rings is 1. The van der Waals surface area contributed by atoms with Gasteiger partial charge < -0.3 is 19.9 Å². The van der Waals surface area contributed by atoms with Gasteiger partial charge in [-0.2, -0.15) is 0 Å². The van der Waals surface area contributed by atoms with Gasteiger partial charge in [-0.1, -0.05) is 24.3 Å². The van der Waals surface area contributed by atoms with Crippen molar-refractivity contribution in [2.24, 2.45) is 12.0 Å². The zero-order chi connectivity index (χ0) is 21.8. The monoisotopic (exact) mass is 438 g/mol. The lowest BCUT2D eigenvalue weighted by atomic mass is 9.90. The fourth-order valence-corrected chi connectivity index (χ4v) is 4.45.